The van der Waals surface area contributed by atoms with E-state index in [0.29, 0.717) is 31.1 Å². The third-order valence-electron chi connectivity index (χ3n) is 8.44. The van der Waals surface area contributed by atoms with E-state index in [1.54, 1.807) is 40.7 Å². The lowest BCUT2D eigenvalue weighted by Gasteiger charge is -2.40. The first-order valence-corrected chi connectivity index (χ1v) is 15.1. The molecule has 0 aromatic heterocycles. The van der Waals surface area contributed by atoms with E-state index in [4.69, 9.17) is 0 Å². The maximum Gasteiger partial charge on any atom is 0.243 e. The molecule has 3 aromatic rings. The van der Waals surface area contributed by atoms with Crippen LogP contribution in [0.1, 0.15) is 23.5 Å². The van der Waals surface area contributed by atoms with Crippen molar-refractivity contribution >= 4 is 21.4 Å². The first-order chi connectivity index (χ1) is 18.8. The Kier molecular flexibility index (Phi) is 7.18. The summed E-state index contributed by atoms with van der Waals surface area (Å²) in [7, 11) is -3.48. The second kappa shape index (κ2) is 10.6. The van der Waals surface area contributed by atoms with Crippen molar-refractivity contribution in [3.63, 3.8) is 0 Å². The number of nitrogens with zero attached hydrogens (tertiary/aromatic N) is 4. The summed E-state index contributed by atoms with van der Waals surface area (Å²) in [4.78, 5) is 7.40. The molecule has 3 heterocycles. The van der Waals surface area contributed by atoms with E-state index in [2.05, 4.69) is 14.7 Å². The molecule has 6 rings (SSSR count). The third-order valence-corrected chi connectivity index (χ3v) is 10.3. The van der Waals surface area contributed by atoms with Crippen LogP contribution in [0.2, 0.25) is 0 Å². The Morgan fingerprint density at radius 3 is 2.28 bits per heavy atom. The van der Waals surface area contributed by atoms with Crippen LogP contribution in [0, 0.1) is 18.6 Å². The summed E-state index contributed by atoms with van der Waals surface area (Å²) in [6, 6.07) is 18.9. The maximum atomic E-state index is 14.3. The SMILES string of the molecule is Cc1cccc(S(=O)(=O)N2CCN(CCN3CC[C@@H]4[C@@H](C3)c3cc(F)ccc3N4c3ccc(F)cc3)CC2)c1. The minimum atomic E-state index is -3.48. The van der Waals surface area contributed by atoms with Gasteiger partial charge in [0.15, 0.2) is 0 Å². The number of piperazine rings is 1. The molecule has 0 aliphatic carbocycles. The van der Waals surface area contributed by atoms with Crippen LogP contribution >= 0.6 is 0 Å². The highest BCUT2D eigenvalue weighted by atomic mass is 32.2. The number of sulfonamides is 1. The summed E-state index contributed by atoms with van der Waals surface area (Å²) >= 11 is 0. The van der Waals surface area contributed by atoms with Crippen molar-refractivity contribution in [2.24, 2.45) is 0 Å². The van der Waals surface area contributed by atoms with E-state index in [9.17, 15) is 17.2 Å². The number of piperidine rings is 1. The van der Waals surface area contributed by atoms with Crippen LogP contribution < -0.4 is 4.90 Å². The fourth-order valence-corrected chi connectivity index (χ4v) is 7.91. The number of hydrogen-bond donors (Lipinski definition) is 0. The molecule has 6 nitrogen and oxygen atoms in total. The zero-order valence-corrected chi connectivity index (χ0v) is 23.0. The highest BCUT2D eigenvalue weighted by Gasteiger charge is 2.42. The van der Waals surface area contributed by atoms with Gasteiger partial charge in [-0.05, 0) is 79.1 Å². The van der Waals surface area contributed by atoms with Crippen LogP contribution in [0.25, 0.3) is 0 Å². The molecule has 9 heteroatoms. The Hall–Kier alpha value is -2.85. The lowest BCUT2D eigenvalue weighted by atomic mass is 9.89. The Balaban J connectivity index is 1.08. The molecule has 0 N–H and O–H groups in total. The zero-order valence-electron chi connectivity index (χ0n) is 22.1. The molecule has 2 saturated heterocycles. The summed E-state index contributed by atoms with van der Waals surface area (Å²) in [6.07, 6.45) is 0.931. The molecule has 0 amide bonds. The van der Waals surface area contributed by atoms with Gasteiger partial charge in [-0.15, -0.1) is 0 Å². The molecule has 3 aromatic carbocycles. The van der Waals surface area contributed by atoms with Crippen molar-refractivity contribution in [3.05, 3.63) is 89.5 Å². The molecule has 0 unspecified atom stereocenters. The number of anilines is 2. The first-order valence-electron chi connectivity index (χ1n) is 13.7. The highest BCUT2D eigenvalue weighted by molar-refractivity contribution is 7.89. The van der Waals surface area contributed by atoms with Crippen LogP contribution in [-0.4, -0.2) is 80.9 Å². The molecule has 0 spiro atoms. The van der Waals surface area contributed by atoms with Crippen LogP contribution in [-0.2, 0) is 10.0 Å². The molecule has 3 aliphatic rings. The monoisotopic (exact) mass is 552 g/mol. The number of fused-ring (bicyclic) bond motifs is 3. The maximum absolute atomic E-state index is 14.3. The number of benzene rings is 3. The van der Waals surface area contributed by atoms with E-state index in [1.807, 2.05) is 19.1 Å². The smallest absolute Gasteiger partial charge is 0.243 e. The Morgan fingerprint density at radius 1 is 0.821 bits per heavy atom. The normalized spacial score (nSPS) is 22.6. The van der Waals surface area contributed by atoms with E-state index in [-0.39, 0.29) is 23.6 Å². The number of likely N-dealkylation sites (tertiary alicyclic amines) is 1. The van der Waals surface area contributed by atoms with Gasteiger partial charge in [0, 0.05) is 75.7 Å². The lowest BCUT2D eigenvalue weighted by molar-refractivity contribution is 0.139. The van der Waals surface area contributed by atoms with Gasteiger partial charge in [-0.1, -0.05) is 12.1 Å². The van der Waals surface area contributed by atoms with Gasteiger partial charge in [0.05, 0.1) is 4.90 Å². The van der Waals surface area contributed by atoms with Crippen LogP contribution in [0.3, 0.4) is 0 Å². The van der Waals surface area contributed by atoms with Gasteiger partial charge in [0.2, 0.25) is 10.0 Å². The Morgan fingerprint density at radius 2 is 1.54 bits per heavy atom. The summed E-state index contributed by atoms with van der Waals surface area (Å²) in [5, 5.41) is 0. The van der Waals surface area contributed by atoms with Crippen LogP contribution in [0.4, 0.5) is 20.2 Å². The second-order valence-corrected chi connectivity index (χ2v) is 12.8. The van der Waals surface area contributed by atoms with E-state index in [0.717, 1.165) is 55.1 Å². The van der Waals surface area contributed by atoms with Crippen molar-refractivity contribution in [3.8, 4) is 0 Å². The highest BCUT2D eigenvalue weighted by Crippen LogP contribution is 2.48. The number of halogens is 2. The fraction of sp³-hybridized carbons (Fsp3) is 0.400. The molecular weight excluding hydrogens is 518 g/mol. The first kappa shape index (κ1) is 26.4. The average molecular weight is 553 g/mol. The lowest BCUT2D eigenvalue weighted by Crippen LogP contribution is -2.51. The van der Waals surface area contributed by atoms with Gasteiger partial charge >= 0.3 is 0 Å². The van der Waals surface area contributed by atoms with Crippen molar-refractivity contribution in [2.75, 3.05) is 57.3 Å². The van der Waals surface area contributed by atoms with E-state index in [1.165, 1.54) is 18.2 Å². The summed E-state index contributed by atoms with van der Waals surface area (Å²) in [6.45, 7) is 7.80. The largest absolute Gasteiger partial charge is 0.337 e. The van der Waals surface area contributed by atoms with Crippen molar-refractivity contribution in [1.29, 1.82) is 0 Å². The van der Waals surface area contributed by atoms with Crippen LogP contribution in [0.15, 0.2) is 71.6 Å². The topological polar surface area (TPSA) is 47.1 Å². The van der Waals surface area contributed by atoms with E-state index >= 15 is 0 Å². The molecule has 0 bridgehead atoms. The summed E-state index contributed by atoms with van der Waals surface area (Å²) in [5.74, 6) is -0.327. The standard InChI is InChI=1S/C30H34F2N4O2S/c1-22-3-2-4-26(19-22)39(37,38)35-17-15-33(16-18-35)13-14-34-12-11-30-28(21-34)27-20-24(32)7-10-29(27)36(30)25-8-5-23(31)6-9-25/h2-10,19-20,28,30H,11-18,21H2,1H3/t28-,30+/m0/s1. The average Bonchev–Trinajstić information content (AvgIpc) is 3.25. The minimum absolute atomic E-state index is 0.172. The van der Waals surface area contributed by atoms with Crippen molar-refractivity contribution in [1.82, 2.24) is 14.1 Å². The molecular formula is C30H34F2N4O2S. The Labute approximate surface area is 229 Å². The quantitative estimate of drug-likeness (QED) is 0.448. The molecule has 0 saturated carbocycles. The van der Waals surface area contributed by atoms with Gasteiger partial charge in [-0.3, -0.25) is 4.90 Å². The van der Waals surface area contributed by atoms with Gasteiger partial charge < -0.3 is 9.80 Å². The van der Waals surface area contributed by atoms with Crippen molar-refractivity contribution in [2.45, 2.75) is 30.2 Å². The number of hydrogen-bond acceptors (Lipinski definition) is 5. The van der Waals surface area contributed by atoms with E-state index < -0.39 is 10.0 Å². The molecule has 2 fully saturated rings. The Bertz CT molecular complexity index is 1440. The zero-order chi connectivity index (χ0) is 27.1. The second-order valence-electron chi connectivity index (χ2n) is 10.9. The number of rotatable bonds is 6. The molecule has 39 heavy (non-hydrogen) atoms. The molecule has 3 aliphatic heterocycles. The molecule has 0 radical (unpaired) electrons. The predicted molar refractivity (Wildman–Crippen MR) is 149 cm³/mol. The fourth-order valence-electron chi connectivity index (χ4n) is 6.38. The summed E-state index contributed by atoms with van der Waals surface area (Å²) in [5.41, 5.74) is 3.89. The van der Waals surface area contributed by atoms with Crippen LogP contribution in [0.5, 0.6) is 0 Å². The van der Waals surface area contributed by atoms with Gasteiger partial charge in [-0.2, -0.15) is 4.31 Å². The number of aryl methyl sites for hydroxylation is 1. The third kappa shape index (κ3) is 5.20. The molecule has 206 valence electrons. The van der Waals surface area contributed by atoms with Crippen molar-refractivity contribution < 1.29 is 17.2 Å². The summed E-state index contributed by atoms with van der Waals surface area (Å²) < 4.78 is 55.7. The van der Waals surface area contributed by atoms with Gasteiger partial charge in [0.25, 0.3) is 0 Å². The molecule has 2 atom stereocenters. The van der Waals surface area contributed by atoms with Gasteiger partial charge in [0.1, 0.15) is 11.6 Å². The predicted octanol–water partition coefficient (Wildman–Crippen LogP) is 4.59. The van der Waals surface area contributed by atoms with Gasteiger partial charge in [-0.25, -0.2) is 17.2 Å². The minimum Gasteiger partial charge on any atom is -0.337 e.